The van der Waals surface area contributed by atoms with E-state index in [4.69, 9.17) is 5.73 Å². The standard InChI is InChI=1S/C12H18N2O/c1-3-8-14-11(12(13)15)10-6-4-9(2)5-7-10/h4-7,11,14H,3,8H2,1-2H3,(H2,13,15). The molecular formula is C12H18N2O. The Bertz CT molecular complexity index is 319. The van der Waals surface area contributed by atoms with Gasteiger partial charge in [-0.15, -0.1) is 0 Å². The molecule has 0 saturated heterocycles. The van der Waals surface area contributed by atoms with Crippen LogP contribution in [0.3, 0.4) is 0 Å². The number of hydrogen-bond donors (Lipinski definition) is 2. The number of rotatable bonds is 5. The molecule has 3 nitrogen and oxygen atoms in total. The van der Waals surface area contributed by atoms with Gasteiger partial charge < -0.3 is 11.1 Å². The highest BCUT2D eigenvalue weighted by atomic mass is 16.1. The second-order valence-electron chi connectivity index (χ2n) is 3.70. The predicted octanol–water partition coefficient (Wildman–Crippen LogP) is 1.52. The van der Waals surface area contributed by atoms with Crippen LogP contribution in [0.15, 0.2) is 24.3 Å². The third-order valence-electron chi connectivity index (χ3n) is 2.29. The molecule has 3 N–H and O–H groups in total. The van der Waals surface area contributed by atoms with Gasteiger partial charge in [-0.1, -0.05) is 36.8 Å². The van der Waals surface area contributed by atoms with Crippen LogP contribution in [0.25, 0.3) is 0 Å². The first-order valence-corrected chi connectivity index (χ1v) is 5.24. The van der Waals surface area contributed by atoms with Crippen molar-refractivity contribution in [3.63, 3.8) is 0 Å². The van der Waals surface area contributed by atoms with Gasteiger partial charge in [-0.25, -0.2) is 0 Å². The van der Waals surface area contributed by atoms with E-state index in [-0.39, 0.29) is 11.9 Å². The molecular weight excluding hydrogens is 188 g/mol. The van der Waals surface area contributed by atoms with Crippen LogP contribution in [0, 0.1) is 6.92 Å². The fraction of sp³-hybridized carbons (Fsp3) is 0.417. The van der Waals surface area contributed by atoms with Gasteiger partial charge in [-0.2, -0.15) is 0 Å². The van der Waals surface area contributed by atoms with Crippen LogP contribution >= 0.6 is 0 Å². The molecule has 1 unspecified atom stereocenters. The lowest BCUT2D eigenvalue weighted by molar-refractivity contribution is -0.120. The molecule has 1 aromatic carbocycles. The summed E-state index contributed by atoms with van der Waals surface area (Å²) in [4.78, 5) is 11.3. The van der Waals surface area contributed by atoms with Crippen molar-refractivity contribution in [2.24, 2.45) is 5.73 Å². The Morgan fingerprint density at radius 3 is 2.47 bits per heavy atom. The van der Waals surface area contributed by atoms with Crippen molar-refractivity contribution in [2.45, 2.75) is 26.3 Å². The monoisotopic (exact) mass is 206 g/mol. The lowest BCUT2D eigenvalue weighted by Gasteiger charge is -2.15. The number of nitrogens with two attached hydrogens (primary N) is 1. The summed E-state index contributed by atoms with van der Waals surface area (Å²) in [5.74, 6) is -0.327. The van der Waals surface area contributed by atoms with Gasteiger partial charge in [0, 0.05) is 0 Å². The molecule has 15 heavy (non-hydrogen) atoms. The molecule has 0 saturated carbocycles. The van der Waals surface area contributed by atoms with E-state index < -0.39 is 0 Å². The van der Waals surface area contributed by atoms with E-state index in [9.17, 15) is 4.79 Å². The zero-order chi connectivity index (χ0) is 11.3. The van der Waals surface area contributed by atoms with Gasteiger partial charge in [-0.05, 0) is 25.5 Å². The van der Waals surface area contributed by atoms with E-state index in [1.165, 1.54) is 5.56 Å². The molecule has 1 rings (SSSR count). The number of primary amides is 1. The predicted molar refractivity (Wildman–Crippen MR) is 61.4 cm³/mol. The molecule has 0 aromatic heterocycles. The van der Waals surface area contributed by atoms with E-state index in [1.807, 2.05) is 31.2 Å². The first-order valence-electron chi connectivity index (χ1n) is 5.24. The fourth-order valence-corrected chi connectivity index (χ4v) is 1.43. The first-order chi connectivity index (χ1) is 7.15. The van der Waals surface area contributed by atoms with Crippen molar-refractivity contribution in [3.8, 4) is 0 Å². The van der Waals surface area contributed by atoms with Gasteiger partial charge in [0.1, 0.15) is 6.04 Å². The summed E-state index contributed by atoms with van der Waals surface area (Å²) in [6, 6.07) is 7.48. The highest BCUT2D eigenvalue weighted by molar-refractivity contribution is 5.81. The minimum absolute atomic E-state index is 0.327. The third kappa shape index (κ3) is 3.36. The Balaban J connectivity index is 2.79. The van der Waals surface area contributed by atoms with Crippen LogP contribution in [0.4, 0.5) is 0 Å². The summed E-state index contributed by atoms with van der Waals surface area (Å²) < 4.78 is 0. The molecule has 0 aliphatic carbocycles. The minimum atomic E-state index is -0.370. The number of nitrogens with one attached hydrogen (secondary N) is 1. The minimum Gasteiger partial charge on any atom is -0.368 e. The van der Waals surface area contributed by atoms with Gasteiger partial charge >= 0.3 is 0 Å². The topological polar surface area (TPSA) is 55.1 Å². The van der Waals surface area contributed by atoms with E-state index >= 15 is 0 Å². The largest absolute Gasteiger partial charge is 0.368 e. The number of carbonyl (C=O) groups excluding carboxylic acids is 1. The highest BCUT2D eigenvalue weighted by Gasteiger charge is 2.15. The van der Waals surface area contributed by atoms with Gasteiger partial charge in [0.15, 0.2) is 0 Å². The Kier molecular flexibility index (Phi) is 4.31. The fourth-order valence-electron chi connectivity index (χ4n) is 1.43. The highest BCUT2D eigenvalue weighted by Crippen LogP contribution is 2.13. The summed E-state index contributed by atoms with van der Waals surface area (Å²) in [5.41, 5.74) is 7.46. The Morgan fingerprint density at radius 1 is 1.40 bits per heavy atom. The van der Waals surface area contributed by atoms with Crippen molar-refractivity contribution < 1.29 is 4.79 Å². The van der Waals surface area contributed by atoms with Gasteiger partial charge in [0.25, 0.3) is 0 Å². The van der Waals surface area contributed by atoms with Gasteiger partial charge in [-0.3, -0.25) is 4.79 Å². The van der Waals surface area contributed by atoms with Crippen LogP contribution in [0.5, 0.6) is 0 Å². The lowest BCUT2D eigenvalue weighted by atomic mass is 10.0. The smallest absolute Gasteiger partial charge is 0.239 e. The SMILES string of the molecule is CCCNC(C(N)=O)c1ccc(C)cc1. The van der Waals surface area contributed by atoms with E-state index in [0.29, 0.717) is 0 Å². The third-order valence-corrected chi connectivity index (χ3v) is 2.29. The van der Waals surface area contributed by atoms with E-state index in [0.717, 1.165) is 18.5 Å². The normalized spacial score (nSPS) is 12.4. The van der Waals surface area contributed by atoms with Crippen molar-refractivity contribution in [1.29, 1.82) is 0 Å². The Hall–Kier alpha value is -1.35. The first kappa shape index (κ1) is 11.7. The molecule has 1 atom stereocenters. The van der Waals surface area contributed by atoms with Crippen LogP contribution in [0.1, 0.15) is 30.5 Å². The average Bonchev–Trinajstić information content (AvgIpc) is 2.21. The molecule has 0 heterocycles. The lowest BCUT2D eigenvalue weighted by Crippen LogP contribution is -2.34. The van der Waals surface area contributed by atoms with Crippen molar-refractivity contribution >= 4 is 5.91 Å². The maximum Gasteiger partial charge on any atom is 0.239 e. The van der Waals surface area contributed by atoms with Crippen LogP contribution in [-0.4, -0.2) is 12.5 Å². The summed E-state index contributed by atoms with van der Waals surface area (Å²) in [7, 11) is 0. The Labute approximate surface area is 90.7 Å². The number of hydrogen-bond acceptors (Lipinski definition) is 2. The van der Waals surface area contributed by atoms with Gasteiger partial charge in [0.2, 0.25) is 5.91 Å². The molecule has 0 radical (unpaired) electrons. The molecule has 3 heteroatoms. The maximum atomic E-state index is 11.3. The number of benzene rings is 1. The summed E-state index contributed by atoms with van der Waals surface area (Å²) in [5, 5.41) is 3.13. The molecule has 0 spiro atoms. The van der Waals surface area contributed by atoms with E-state index in [1.54, 1.807) is 0 Å². The molecule has 0 aliphatic heterocycles. The quantitative estimate of drug-likeness (QED) is 0.767. The zero-order valence-electron chi connectivity index (χ0n) is 9.29. The maximum absolute atomic E-state index is 11.3. The molecule has 0 aliphatic rings. The van der Waals surface area contributed by atoms with E-state index in [2.05, 4.69) is 12.2 Å². The van der Waals surface area contributed by atoms with Crippen molar-refractivity contribution in [1.82, 2.24) is 5.32 Å². The second-order valence-corrected chi connectivity index (χ2v) is 3.70. The van der Waals surface area contributed by atoms with Crippen LogP contribution < -0.4 is 11.1 Å². The molecule has 1 amide bonds. The van der Waals surface area contributed by atoms with Crippen LogP contribution in [0.2, 0.25) is 0 Å². The van der Waals surface area contributed by atoms with Crippen LogP contribution in [-0.2, 0) is 4.79 Å². The van der Waals surface area contributed by atoms with Gasteiger partial charge in [0.05, 0.1) is 0 Å². The second kappa shape index (κ2) is 5.51. The average molecular weight is 206 g/mol. The Morgan fingerprint density at radius 2 is 2.00 bits per heavy atom. The molecule has 1 aromatic rings. The molecule has 82 valence electrons. The van der Waals surface area contributed by atoms with Crippen molar-refractivity contribution in [2.75, 3.05) is 6.54 Å². The van der Waals surface area contributed by atoms with Crippen molar-refractivity contribution in [3.05, 3.63) is 35.4 Å². The summed E-state index contributed by atoms with van der Waals surface area (Å²) >= 11 is 0. The zero-order valence-corrected chi connectivity index (χ0v) is 9.29. The molecule has 0 fully saturated rings. The number of carbonyl (C=O) groups is 1. The summed E-state index contributed by atoms with van der Waals surface area (Å²) in [6.45, 7) is 4.87. The summed E-state index contributed by atoms with van der Waals surface area (Å²) in [6.07, 6.45) is 0.982. The molecule has 0 bridgehead atoms. The number of amides is 1. The number of aryl methyl sites for hydroxylation is 1.